The van der Waals surface area contributed by atoms with Crippen LogP contribution < -0.4 is 10.6 Å². The summed E-state index contributed by atoms with van der Waals surface area (Å²) < 4.78 is 2.08. The van der Waals surface area contributed by atoms with Crippen LogP contribution in [0.2, 0.25) is 0 Å². The second kappa shape index (κ2) is 10.0. The molecule has 0 bridgehead atoms. The van der Waals surface area contributed by atoms with Gasteiger partial charge in [0.15, 0.2) is 5.96 Å². The third kappa shape index (κ3) is 5.65. The van der Waals surface area contributed by atoms with E-state index in [0.717, 1.165) is 48.9 Å². The highest BCUT2D eigenvalue weighted by Crippen LogP contribution is 2.16. The summed E-state index contributed by atoms with van der Waals surface area (Å²) in [5, 5.41) is 7.87. The van der Waals surface area contributed by atoms with Crippen molar-refractivity contribution in [1.29, 1.82) is 0 Å². The van der Waals surface area contributed by atoms with E-state index in [2.05, 4.69) is 58.0 Å². The Balaban J connectivity index is 0.00000261. The maximum Gasteiger partial charge on any atom is 0.191 e. The molecule has 0 unspecified atom stereocenters. The van der Waals surface area contributed by atoms with Gasteiger partial charge >= 0.3 is 0 Å². The third-order valence-electron chi connectivity index (χ3n) is 4.33. The van der Waals surface area contributed by atoms with Gasteiger partial charge in [0, 0.05) is 50.2 Å². The van der Waals surface area contributed by atoms with Crippen LogP contribution in [0, 0.1) is 20.8 Å². The number of hydrogen-bond donors (Lipinski definition) is 2. The van der Waals surface area contributed by atoms with Gasteiger partial charge in [0.1, 0.15) is 5.65 Å². The molecular formula is C19H27IN6S. The van der Waals surface area contributed by atoms with Gasteiger partial charge in [0.2, 0.25) is 0 Å². The molecule has 0 radical (unpaired) electrons. The van der Waals surface area contributed by atoms with Crippen LogP contribution in [0.1, 0.15) is 26.8 Å². The molecule has 0 amide bonds. The molecular weight excluding hydrogens is 471 g/mol. The Morgan fingerprint density at radius 3 is 2.52 bits per heavy atom. The highest BCUT2D eigenvalue weighted by Gasteiger charge is 2.06. The van der Waals surface area contributed by atoms with Crippen LogP contribution in [0.5, 0.6) is 0 Å². The summed E-state index contributed by atoms with van der Waals surface area (Å²) in [7, 11) is 1.79. The van der Waals surface area contributed by atoms with Gasteiger partial charge in [-0.2, -0.15) is 0 Å². The number of nitrogens with one attached hydrogen (secondary N) is 2. The summed E-state index contributed by atoms with van der Waals surface area (Å²) >= 11 is 1.77. The number of pyridine rings is 1. The van der Waals surface area contributed by atoms with E-state index in [1.165, 1.54) is 15.4 Å². The van der Waals surface area contributed by atoms with Crippen molar-refractivity contribution >= 4 is 46.9 Å². The van der Waals surface area contributed by atoms with Crippen LogP contribution in [0.15, 0.2) is 29.5 Å². The molecule has 27 heavy (non-hydrogen) atoms. The van der Waals surface area contributed by atoms with E-state index in [9.17, 15) is 0 Å². The zero-order valence-corrected chi connectivity index (χ0v) is 19.4. The van der Waals surface area contributed by atoms with Crippen LogP contribution in [0.25, 0.3) is 5.65 Å². The first-order chi connectivity index (χ1) is 12.6. The number of halogens is 1. The molecule has 0 aliphatic carbocycles. The van der Waals surface area contributed by atoms with Crippen LogP contribution in [-0.2, 0) is 12.8 Å². The number of hydrogen-bond acceptors (Lipinski definition) is 4. The number of rotatable bonds is 6. The van der Waals surface area contributed by atoms with E-state index in [4.69, 9.17) is 4.98 Å². The molecule has 0 aliphatic heterocycles. The van der Waals surface area contributed by atoms with Gasteiger partial charge in [-0.3, -0.25) is 4.99 Å². The Morgan fingerprint density at radius 1 is 1.15 bits per heavy atom. The Labute approximate surface area is 181 Å². The molecule has 2 N–H and O–H groups in total. The Morgan fingerprint density at radius 2 is 1.89 bits per heavy atom. The number of nitrogens with zero attached hydrogens (tertiary/aromatic N) is 4. The fourth-order valence-corrected chi connectivity index (χ4v) is 3.72. The number of aryl methyl sites for hydroxylation is 3. The third-order valence-corrected chi connectivity index (χ3v) is 5.46. The highest BCUT2D eigenvalue weighted by atomic mass is 127. The number of guanidine groups is 1. The first kappa shape index (κ1) is 21.6. The second-order valence-corrected chi connectivity index (χ2v) is 7.62. The summed E-state index contributed by atoms with van der Waals surface area (Å²) in [4.78, 5) is 14.9. The highest BCUT2D eigenvalue weighted by molar-refractivity contribution is 14.0. The van der Waals surface area contributed by atoms with E-state index < -0.39 is 0 Å². The zero-order valence-electron chi connectivity index (χ0n) is 16.2. The monoisotopic (exact) mass is 498 g/mol. The van der Waals surface area contributed by atoms with Gasteiger partial charge in [-0.05, 0) is 32.4 Å². The molecule has 0 aliphatic rings. The smallest absolute Gasteiger partial charge is 0.191 e. The van der Waals surface area contributed by atoms with Crippen LogP contribution in [0.3, 0.4) is 0 Å². The van der Waals surface area contributed by atoms with Crippen molar-refractivity contribution in [2.45, 2.75) is 33.6 Å². The fourth-order valence-electron chi connectivity index (χ4n) is 2.79. The average Bonchev–Trinajstić information content (AvgIpc) is 3.17. The first-order valence-electron chi connectivity index (χ1n) is 8.87. The maximum absolute atomic E-state index is 4.70. The molecule has 3 heterocycles. The zero-order chi connectivity index (χ0) is 18.5. The van der Waals surface area contributed by atoms with Gasteiger partial charge < -0.3 is 15.0 Å². The normalized spacial score (nSPS) is 11.5. The summed E-state index contributed by atoms with van der Waals surface area (Å²) in [5.41, 5.74) is 4.43. The van der Waals surface area contributed by atoms with Crippen molar-refractivity contribution in [1.82, 2.24) is 25.0 Å². The minimum atomic E-state index is 0. The molecule has 0 atom stereocenters. The van der Waals surface area contributed by atoms with Crippen molar-refractivity contribution in [2.24, 2.45) is 4.99 Å². The maximum atomic E-state index is 4.70. The number of aromatic nitrogens is 3. The molecule has 0 saturated carbocycles. The number of imidazole rings is 1. The van der Waals surface area contributed by atoms with E-state index in [1.54, 1.807) is 18.4 Å². The minimum Gasteiger partial charge on any atom is -0.356 e. The SMILES string of the molecule is CN=C(NCCc1cn2cccc(C)c2n1)NCCc1nc(C)c(C)s1.I. The van der Waals surface area contributed by atoms with Crippen molar-refractivity contribution < 1.29 is 0 Å². The lowest BCUT2D eigenvalue weighted by atomic mass is 10.3. The summed E-state index contributed by atoms with van der Waals surface area (Å²) in [6.45, 7) is 7.87. The van der Waals surface area contributed by atoms with Gasteiger partial charge in [0.25, 0.3) is 0 Å². The number of thiazole rings is 1. The Bertz CT molecular complexity index is 895. The fraction of sp³-hybridized carbons (Fsp3) is 0.421. The number of fused-ring (bicyclic) bond motifs is 1. The van der Waals surface area contributed by atoms with Gasteiger partial charge in [0.05, 0.1) is 16.4 Å². The lowest BCUT2D eigenvalue weighted by molar-refractivity contribution is 0.776. The average molecular weight is 498 g/mol. The summed E-state index contributed by atoms with van der Waals surface area (Å²) in [5.74, 6) is 0.815. The molecule has 0 aromatic carbocycles. The van der Waals surface area contributed by atoms with Crippen molar-refractivity contribution in [2.75, 3.05) is 20.1 Å². The van der Waals surface area contributed by atoms with E-state index >= 15 is 0 Å². The van der Waals surface area contributed by atoms with Gasteiger partial charge in [-0.1, -0.05) is 6.07 Å². The van der Waals surface area contributed by atoms with Gasteiger partial charge in [-0.25, -0.2) is 9.97 Å². The molecule has 0 saturated heterocycles. The first-order valence-corrected chi connectivity index (χ1v) is 9.69. The Kier molecular flexibility index (Phi) is 8.03. The van der Waals surface area contributed by atoms with Gasteiger partial charge in [-0.15, -0.1) is 35.3 Å². The van der Waals surface area contributed by atoms with Crippen LogP contribution in [0.4, 0.5) is 0 Å². The lowest BCUT2D eigenvalue weighted by Crippen LogP contribution is -2.39. The standard InChI is InChI=1S/C19H26N6S.HI/c1-13-6-5-11-25-12-16(24-18(13)25)7-9-21-19(20-4)22-10-8-17-23-14(2)15(3)26-17;/h5-6,11-12H,7-10H2,1-4H3,(H2,20,21,22);1H. The van der Waals surface area contributed by atoms with Crippen molar-refractivity contribution in [3.63, 3.8) is 0 Å². The summed E-state index contributed by atoms with van der Waals surface area (Å²) in [6, 6.07) is 4.13. The van der Waals surface area contributed by atoms with Crippen molar-refractivity contribution in [3.05, 3.63) is 51.4 Å². The topological polar surface area (TPSA) is 66.6 Å². The second-order valence-electron chi connectivity index (χ2n) is 6.33. The predicted octanol–water partition coefficient (Wildman–Crippen LogP) is 3.28. The predicted molar refractivity (Wildman–Crippen MR) is 124 cm³/mol. The van der Waals surface area contributed by atoms with E-state index in [1.807, 2.05) is 12.3 Å². The molecule has 0 spiro atoms. The molecule has 0 fully saturated rings. The Hall–Kier alpha value is -1.68. The lowest BCUT2D eigenvalue weighted by Gasteiger charge is -2.10. The van der Waals surface area contributed by atoms with Crippen LogP contribution >= 0.6 is 35.3 Å². The van der Waals surface area contributed by atoms with E-state index in [0.29, 0.717) is 0 Å². The largest absolute Gasteiger partial charge is 0.356 e. The quantitative estimate of drug-likeness (QED) is 0.311. The molecule has 8 heteroatoms. The summed E-state index contributed by atoms with van der Waals surface area (Å²) in [6.07, 6.45) is 5.89. The molecule has 3 rings (SSSR count). The van der Waals surface area contributed by atoms with Crippen LogP contribution in [-0.4, -0.2) is 40.5 Å². The van der Waals surface area contributed by atoms with Crippen molar-refractivity contribution in [3.8, 4) is 0 Å². The number of aliphatic imine (C=N–C) groups is 1. The molecule has 146 valence electrons. The molecule has 3 aromatic rings. The minimum absolute atomic E-state index is 0. The molecule has 3 aromatic heterocycles. The molecule has 6 nitrogen and oxygen atoms in total. The van der Waals surface area contributed by atoms with E-state index in [-0.39, 0.29) is 24.0 Å².